The van der Waals surface area contributed by atoms with E-state index < -0.39 is 0 Å². The zero-order valence-corrected chi connectivity index (χ0v) is 15.1. The van der Waals surface area contributed by atoms with E-state index in [1.54, 1.807) is 24.1 Å². The lowest BCUT2D eigenvalue weighted by Gasteiger charge is -2.31. The van der Waals surface area contributed by atoms with Gasteiger partial charge in [-0.25, -0.2) is 4.39 Å². The molecule has 1 aromatic rings. The summed E-state index contributed by atoms with van der Waals surface area (Å²) in [6.07, 6.45) is 3.64. The minimum Gasteiger partial charge on any atom is -0.339 e. The monoisotopic (exact) mass is 401 g/mol. The van der Waals surface area contributed by atoms with Crippen molar-refractivity contribution in [2.75, 3.05) is 6.54 Å². The van der Waals surface area contributed by atoms with Crippen molar-refractivity contribution >= 4 is 33.8 Å². The van der Waals surface area contributed by atoms with E-state index >= 15 is 0 Å². The van der Waals surface area contributed by atoms with E-state index in [0.29, 0.717) is 10.1 Å². The van der Waals surface area contributed by atoms with E-state index in [1.165, 1.54) is 6.07 Å². The summed E-state index contributed by atoms with van der Waals surface area (Å²) in [6.45, 7) is 0.843. The number of nitrogens with one attached hydrogen (secondary N) is 3. The highest BCUT2D eigenvalue weighted by molar-refractivity contribution is 9.11. The van der Waals surface area contributed by atoms with Crippen LogP contribution in [0.5, 0.6) is 0 Å². The Balaban J connectivity index is 1.42. The van der Waals surface area contributed by atoms with Gasteiger partial charge >= 0.3 is 0 Å². The van der Waals surface area contributed by atoms with Crippen molar-refractivity contribution in [2.45, 2.75) is 42.1 Å². The molecule has 23 heavy (non-hydrogen) atoms. The molecule has 126 valence electrons. The van der Waals surface area contributed by atoms with Gasteiger partial charge in [0.2, 0.25) is 5.91 Å². The highest BCUT2D eigenvalue weighted by Gasteiger charge is 2.30. The maximum absolute atomic E-state index is 13.2. The van der Waals surface area contributed by atoms with Crippen molar-refractivity contribution in [1.29, 1.82) is 0 Å². The molecule has 2 heterocycles. The molecule has 1 amide bonds. The van der Waals surface area contributed by atoms with Crippen LogP contribution in [0.4, 0.5) is 4.39 Å². The molecular weight excluding hydrogens is 381 g/mol. The van der Waals surface area contributed by atoms with Crippen molar-refractivity contribution in [3.05, 3.63) is 35.6 Å². The van der Waals surface area contributed by atoms with Crippen LogP contribution >= 0.6 is 27.9 Å². The zero-order chi connectivity index (χ0) is 16.2. The van der Waals surface area contributed by atoms with Gasteiger partial charge in [-0.1, -0.05) is 40.0 Å². The summed E-state index contributed by atoms with van der Waals surface area (Å²) in [6, 6.07) is 6.68. The number of carbonyl (C=O) groups excluding carboxylic acids is 1. The summed E-state index contributed by atoms with van der Waals surface area (Å²) < 4.78 is 16.7. The second-order valence-corrected chi connectivity index (χ2v) is 8.93. The Bertz CT molecular complexity index is 554. The Kier molecular flexibility index (Phi) is 5.96. The molecule has 3 rings (SSSR count). The summed E-state index contributed by atoms with van der Waals surface area (Å²) in [5, 5.41) is 6.47. The average Bonchev–Trinajstić information content (AvgIpc) is 2.96. The normalized spacial score (nSPS) is 31.0. The molecule has 4 nitrogen and oxygen atoms in total. The van der Waals surface area contributed by atoms with Crippen LogP contribution in [0.15, 0.2) is 24.3 Å². The van der Waals surface area contributed by atoms with E-state index in [-0.39, 0.29) is 23.9 Å². The van der Waals surface area contributed by atoms with E-state index in [4.69, 9.17) is 0 Å². The Morgan fingerprint density at radius 2 is 2.30 bits per heavy atom. The average molecular weight is 402 g/mol. The fourth-order valence-corrected chi connectivity index (χ4v) is 4.58. The molecule has 0 aliphatic carbocycles. The molecule has 2 aliphatic rings. The third-order valence-corrected chi connectivity index (χ3v) is 6.13. The number of hydrogen-bond acceptors (Lipinski definition) is 4. The highest BCUT2D eigenvalue weighted by atomic mass is 79.9. The molecule has 0 saturated carbocycles. The van der Waals surface area contributed by atoms with Crippen molar-refractivity contribution < 1.29 is 9.18 Å². The summed E-state index contributed by atoms with van der Waals surface area (Å²) in [4.78, 5) is 12.2. The number of amides is 1. The molecule has 4 atom stereocenters. The van der Waals surface area contributed by atoms with E-state index in [0.717, 1.165) is 37.8 Å². The first kappa shape index (κ1) is 17.2. The van der Waals surface area contributed by atoms with Gasteiger partial charge in [0.25, 0.3) is 0 Å². The molecule has 2 aliphatic heterocycles. The lowest BCUT2D eigenvalue weighted by molar-refractivity contribution is -0.123. The lowest BCUT2D eigenvalue weighted by Crippen LogP contribution is -2.53. The van der Waals surface area contributed by atoms with Gasteiger partial charge in [0.05, 0.1) is 16.4 Å². The fraction of sp³-hybridized carbons (Fsp3) is 0.562. The number of hydrogen-bond donors (Lipinski definition) is 3. The maximum Gasteiger partial charge on any atom is 0.239 e. The van der Waals surface area contributed by atoms with Crippen molar-refractivity contribution in [2.24, 2.45) is 5.92 Å². The summed E-state index contributed by atoms with van der Waals surface area (Å²) in [7, 11) is 0. The van der Waals surface area contributed by atoms with E-state index in [9.17, 15) is 9.18 Å². The molecular formula is C16H21BrFN3OS. The van der Waals surface area contributed by atoms with Crippen LogP contribution in [0.3, 0.4) is 0 Å². The standard InChI is InChI=1S/C16H21BrFN3OS/c17-14-8-13(21-23-14)16(22)20-15-5-4-11(9-19-15)6-10-2-1-3-12(18)7-10/h1-3,7,11,13-15,19,21H,4-6,8-9H2,(H,20,22). The first-order valence-electron chi connectivity index (χ1n) is 7.93. The predicted octanol–water partition coefficient (Wildman–Crippen LogP) is 2.54. The molecule has 2 saturated heterocycles. The van der Waals surface area contributed by atoms with Gasteiger partial charge in [0, 0.05) is 6.54 Å². The zero-order valence-electron chi connectivity index (χ0n) is 12.7. The molecule has 2 fully saturated rings. The Morgan fingerprint density at radius 3 is 2.96 bits per heavy atom. The quantitative estimate of drug-likeness (QED) is 0.535. The van der Waals surface area contributed by atoms with Gasteiger partial charge in [0.1, 0.15) is 5.82 Å². The summed E-state index contributed by atoms with van der Waals surface area (Å²) >= 11 is 5.05. The number of piperidine rings is 1. The van der Waals surface area contributed by atoms with Gasteiger partial charge in [-0.3, -0.25) is 14.8 Å². The fourth-order valence-electron chi connectivity index (χ4n) is 3.08. The minimum atomic E-state index is -0.177. The second-order valence-electron chi connectivity index (χ2n) is 6.18. The largest absolute Gasteiger partial charge is 0.339 e. The number of benzene rings is 1. The van der Waals surface area contributed by atoms with E-state index in [2.05, 4.69) is 31.3 Å². The molecule has 0 radical (unpaired) electrons. The molecule has 0 bridgehead atoms. The number of rotatable bonds is 4. The lowest BCUT2D eigenvalue weighted by atomic mass is 9.91. The van der Waals surface area contributed by atoms with Gasteiger partial charge in [-0.05, 0) is 49.3 Å². The smallest absolute Gasteiger partial charge is 0.239 e. The molecule has 3 N–H and O–H groups in total. The van der Waals surface area contributed by atoms with Crippen molar-refractivity contribution in [1.82, 2.24) is 15.4 Å². The first-order chi connectivity index (χ1) is 11.1. The Morgan fingerprint density at radius 1 is 1.43 bits per heavy atom. The van der Waals surface area contributed by atoms with Crippen LogP contribution in [0, 0.1) is 11.7 Å². The van der Waals surface area contributed by atoms with E-state index in [1.807, 2.05) is 6.07 Å². The van der Waals surface area contributed by atoms with Gasteiger partial charge in [-0.15, -0.1) is 0 Å². The maximum atomic E-state index is 13.2. The van der Waals surface area contributed by atoms with Crippen LogP contribution in [-0.4, -0.2) is 28.8 Å². The Labute approximate surface area is 148 Å². The molecule has 7 heteroatoms. The SMILES string of the molecule is O=C(NC1CCC(Cc2cccc(F)c2)CN1)C1CC(Br)SN1. The van der Waals surface area contributed by atoms with Crippen LogP contribution in [0.2, 0.25) is 0 Å². The van der Waals surface area contributed by atoms with Gasteiger partial charge < -0.3 is 5.32 Å². The van der Waals surface area contributed by atoms with Crippen LogP contribution in [0.25, 0.3) is 0 Å². The van der Waals surface area contributed by atoms with Gasteiger partial charge in [0.15, 0.2) is 0 Å². The van der Waals surface area contributed by atoms with Crippen molar-refractivity contribution in [3.63, 3.8) is 0 Å². The summed E-state index contributed by atoms with van der Waals surface area (Å²) in [5.41, 5.74) is 1.04. The Hall–Kier alpha value is -0.630. The summed E-state index contributed by atoms with van der Waals surface area (Å²) in [5.74, 6) is 0.362. The number of alkyl halides is 1. The molecule has 0 spiro atoms. The molecule has 1 aromatic carbocycles. The predicted molar refractivity (Wildman–Crippen MR) is 94.6 cm³/mol. The van der Waals surface area contributed by atoms with Gasteiger partial charge in [-0.2, -0.15) is 0 Å². The number of carbonyl (C=O) groups is 1. The highest BCUT2D eigenvalue weighted by Crippen LogP contribution is 2.27. The van der Waals surface area contributed by atoms with Crippen LogP contribution in [0.1, 0.15) is 24.8 Å². The topological polar surface area (TPSA) is 53.2 Å². The third-order valence-electron chi connectivity index (χ3n) is 4.32. The minimum absolute atomic E-state index is 0.0347. The van der Waals surface area contributed by atoms with Crippen molar-refractivity contribution in [3.8, 4) is 0 Å². The third kappa shape index (κ3) is 4.92. The second kappa shape index (κ2) is 7.96. The molecule has 0 aromatic heterocycles. The first-order valence-corrected chi connectivity index (χ1v) is 9.73. The van der Waals surface area contributed by atoms with Crippen LogP contribution < -0.4 is 15.4 Å². The van der Waals surface area contributed by atoms with Crippen LogP contribution in [-0.2, 0) is 11.2 Å². The number of halogens is 2. The molecule has 4 unspecified atom stereocenters.